The topological polar surface area (TPSA) is 75.7 Å². The van der Waals surface area contributed by atoms with Gasteiger partial charge in [-0.1, -0.05) is 41.9 Å². The normalized spacial score (nSPS) is 13.3. The Morgan fingerprint density at radius 3 is 2.61 bits per heavy atom. The van der Waals surface area contributed by atoms with Crippen LogP contribution in [0.25, 0.3) is 0 Å². The molecule has 1 amide bonds. The fourth-order valence-electron chi connectivity index (χ4n) is 3.95. The van der Waals surface area contributed by atoms with Crippen LogP contribution in [0.2, 0.25) is 5.02 Å². The number of halogens is 1. The molecule has 1 aliphatic rings. The van der Waals surface area contributed by atoms with Crippen LogP contribution in [-0.2, 0) is 27.7 Å². The Morgan fingerprint density at radius 1 is 1.09 bits per heavy atom. The number of rotatable bonds is 7. The summed E-state index contributed by atoms with van der Waals surface area (Å²) in [7, 11) is -2.12. The van der Waals surface area contributed by atoms with E-state index in [1.54, 1.807) is 42.5 Å². The minimum atomic E-state index is -3.65. The Kier molecular flexibility index (Phi) is 6.91. The highest BCUT2D eigenvalue weighted by molar-refractivity contribution is 7.92. The van der Waals surface area contributed by atoms with Gasteiger partial charge < -0.3 is 10.1 Å². The Bertz CT molecular complexity index is 1260. The summed E-state index contributed by atoms with van der Waals surface area (Å²) in [5.74, 6) is 0.346. The molecule has 0 bridgehead atoms. The van der Waals surface area contributed by atoms with Gasteiger partial charge in [0.25, 0.3) is 10.0 Å². The van der Waals surface area contributed by atoms with E-state index in [-0.39, 0.29) is 17.2 Å². The van der Waals surface area contributed by atoms with Crippen molar-refractivity contribution in [2.24, 2.45) is 0 Å². The van der Waals surface area contributed by atoms with E-state index in [1.807, 2.05) is 24.3 Å². The fourth-order valence-corrected chi connectivity index (χ4v) is 5.67. The van der Waals surface area contributed by atoms with Crippen molar-refractivity contribution in [1.29, 1.82) is 0 Å². The van der Waals surface area contributed by atoms with Gasteiger partial charge >= 0.3 is 0 Å². The minimum absolute atomic E-state index is 0.183. The van der Waals surface area contributed by atoms with Gasteiger partial charge in [-0.25, -0.2) is 8.42 Å². The summed E-state index contributed by atoms with van der Waals surface area (Å²) in [5, 5.41) is 3.31. The van der Waals surface area contributed by atoms with Gasteiger partial charge in [0.05, 0.1) is 23.4 Å². The Morgan fingerprint density at radius 2 is 1.85 bits per heavy atom. The molecule has 1 N–H and O–H groups in total. The molecule has 3 aromatic carbocycles. The molecule has 0 aliphatic carbocycles. The quantitative estimate of drug-likeness (QED) is 0.508. The second kappa shape index (κ2) is 9.85. The van der Waals surface area contributed by atoms with Crippen LogP contribution in [0.4, 0.5) is 11.4 Å². The first-order valence-corrected chi connectivity index (χ1v) is 12.5. The highest BCUT2D eigenvalue weighted by Gasteiger charge is 2.28. The summed E-state index contributed by atoms with van der Waals surface area (Å²) in [6.07, 6.45) is 2.38. The van der Waals surface area contributed by atoms with E-state index in [9.17, 15) is 13.2 Å². The zero-order valence-electron chi connectivity index (χ0n) is 18.3. The van der Waals surface area contributed by atoms with Crippen LogP contribution in [0.1, 0.15) is 24.0 Å². The molecule has 33 heavy (non-hydrogen) atoms. The molecule has 0 saturated carbocycles. The first-order chi connectivity index (χ1) is 15.9. The average molecular weight is 485 g/mol. The van der Waals surface area contributed by atoms with Crippen LogP contribution >= 0.6 is 11.6 Å². The van der Waals surface area contributed by atoms with Gasteiger partial charge in [-0.15, -0.1) is 0 Å². The first-order valence-electron chi connectivity index (χ1n) is 10.7. The van der Waals surface area contributed by atoms with Crippen LogP contribution in [0.15, 0.2) is 71.6 Å². The third-order valence-corrected chi connectivity index (χ3v) is 7.72. The summed E-state index contributed by atoms with van der Waals surface area (Å²) >= 11 is 6.01. The lowest BCUT2D eigenvalue weighted by Crippen LogP contribution is -2.35. The van der Waals surface area contributed by atoms with E-state index in [1.165, 1.54) is 11.4 Å². The number of ether oxygens (including phenoxy) is 1. The van der Waals surface area contributed by atoms with Crippen molar-refractivity contribution < 1.29 is 17.9 Å². The molecular formula is C25H25ClN2O4S. The predicted octanol–water partition coefficient (Wildman–Crippen LogP) is 5.06. The van der Waals surface area contributed by atoms with Crippen LogP contribution in [0, 0.1) is 0 Å². The van der Waals surface area contributed by atoms with Gasteiger partial charge in [0, 0.05) is 18.0 Å². The number of hydrogen-bond acceptors (Lipinski definition) is 4. The molecule has 0 saturated heterocycles. The molecule has 4 rings (SSSR count). The van der Waals surface area contributed by atoms with Gasteiger partial charge in [-0.05, 0) is 66.8 Å². The maximum Gasteiger partial charge on any atom is 0.264 e. The van der Waals surface area contributed by atoms with Gasteiger partial charge in [0.2, 0.25) is 5.91 Å². The summed E-state index contributed by atoms with van der Waals surface area (Å²) in [5.41, 5.74) is 3.19. The lowest BCUT2D eigenvalue weighted by Gasteiger charge is -2.30. The number of hydrogen-bond donors (Lipinski definition) is 1. The number of para-hydroxylation sites is 1. The average Bonchev–Trinajstić information content (AvgIpc) is 2.83. The Labute approximate surface area is 199 Å². The van der Waals surface area contributed by atoms with Gasteiger partial charge in [0.1, 0.15) is 5.75 Å². The van der Waals surface area contributed by atoms with Gasteiger partial charge in [0.15, 0.2) is 0 Å². The number of nitrogens with one attached hydrogen (secondary N) is 1. The molecular weight excluding hydrogens is 460 g/mol. The lowest BCUT2D eigenvalue weighted by molar-refractivity contribution is -0.116. The number of anilines is 2. The van der Waals surface area contributed by atoms with Crippen LogP contribution in [0.3, 0.4) is 0 Å². The Balaban J connectivity index is 1.42. The van der Waals surface area contributed by atoms with Crippen molar-refractivity contribution in [1.82, 2.24) is 0 Å². The zero-order valence-corrected chi connectivity index (χ0v) is 19.8. The number of amides is 1. The number of carbonyl (C=O) groups is 1. The van der Waals surface area contributed by atoms with E-state index in [0.717, 1.165) is 29.7 Å². The highest BCUT2D eigenvalue weighted by Crippen LogP contribution is 2.32. The monoisotopic (exact) mass is 484 g/mol. The van der Waals surface area contributed by atoms with Crippen LogP contribution < -0.4 is 14.4 Å². The van der Waals surface area contributed by atoms with E-state index in [4.69, 9.17) is 16.3 Å². The maximum absolute atomic E-state index is 13.3. The third kappa shape index (κ3) is 5.15. The van der Waals surface area contributed by atoms with Crippen molar-refractivity contribution in [3.63, 3.8) is 0 Å². The smallest absolute Gasteiger partial charge is 0.264 e. The molecule has 6 nitrogen and oxygen atoms in total. The van der Waals surface area contributed by atoms with E-state index < -0.39 is 10.0 Å². The number of carbonyl (C=O) groups excluding carboxylic acids is 1. The minimum Gasteiger partial charge on any atom is -0.495 e. The maximum atomic E-state index is 13.3. The molecule has 8 heteroatoms. The number of aryl methyl sites for hydroxylation is 2. The van der Waals surface area contributed by atoms with Crippen molar-refractivity contribution in [3.05, 3.63) is 82.9 Å². The molecule has 172 valence electrons. The van der Waals surface area contributed by atoms with Crippen molar-refractivity contribution in [2.75, 3.05) is 23.3 Å². The largest absolute Gasteiger partial charge is 0.495 e. The highest BCUT2D eigenvalue weighted by atomic mass is 35.5. The molecule has 0 unspecified atom stereocenters. The van der Waals surface area contributed by atoms with Crippen LogP contribution in [-0.4, -0.2) is 28.0 Å². The standard InChI is InChI=1S/C25H25ClN2O4S/c1-32-24-14-11-20(26)17-22(24)27-25(29)15-10-18-8-12-21(13-9-18)33(30,31)28-16-4-6-19-5-2-3-7-23(19)28/h2-3,5,7-9,11-14,17H,4,6,10,15-16H2,1H3,(H,27,29). The van der Waals surface area contributed by atoms with Crippen molar-refractivity contribution in [2.45, 2.75) is 30.6 Å². The SMILES string of the molecule is COc1ccc(Cl)cc1NC(=O)CCc1ccc(S(=O)(=O)N2CCCc3ccccc32)cc1. The molecule has 0 radical (unpaired) electrons. The predicted molar refractivity (Wildman–Crippen MR) is 131 cm³/mol. The summed E-state index contributed by atoms with van der Waals surface area (Å²) in [4.78, 5) is 12.6. The summed E-state index contributed by atoms with van der Waals surface area (Å²) in [6.45, 7) is 0.467. The number of fused-ring (bicyclic) bond motifs is 1. The van der Waals surface area contributed by atoms with Crippen molar-refractivity contribution >= 4 is 38.9 Å². The van der Waals surface area contributed by atoms with Gasteiger partial charge in [-0.3, -0.25) is 9.10 Å². The molecule has 0 spiro atoms. The first kappa shape index (κ1) is 23.1. The van der Waals surface area contributed by atoms with Gasteiger partial charge in [-0.2, -0.15) is 0 Å². The summed E-state index contributed by atoms with van der Waals surface area (Å²) in [6, 6.07) is 19.4. The molecule has 3 aromatic rings. The second-order valence-corrected chi connectivity index (χ2v) is 10.1. The Hall–Kier alpha value is -3.03. The van der Waals surface area contributed by atoms with Crippen molar-refractivity contribution in [3.8, 4) is 5.75 Å². The van der Waals surface area contributed by atoms with E-state index >= 15 is 0 Å². The number of nitrogens with zero attached hydrogens (tertiary/aromatic N) is 1. The molecule has 1 aliphatic heterocycles. The number of benzene rings is 3. The fraction of sp³-hybridized carbons (Fsp3) is 0.240. The molecule has 0 fully saturated rings. The van der Waals surface area contributed by atoms with E-state index in [2.05, 4.69) is 5.32 Å². The third-order valence-electron chi connectivity index (χ3n) is 5.66. The number of methoxy groups -OCH3 is 1. The molecule has 1 heterocycles. The second-order valence-electron chi connectivity index (χ2n) is 7.85. The van der Waals surface area contributed by atoms with E-state index in [0.29, 0.717) is 29.4 Å². The number of sulfonamides is 1. The summed E-state index contributed by atoms with van der Waals surface area (Å²) < 4.78 is 33.3. The molecule has 0 aromatic heterocycles. The van der Waals surface area contributed by atoms with Crippen LogP contribution in [0.5, 0.6) is 5.75 Å². The lowest BCUT2D eigenvalue weighted by atomic mass is 10.0. The molecule has 0 atom stereocenters. The zero-order chi connectivity index (χ0) is 23.4.